The number of aromatic nitrogens is 2. The van der Waals surface area contributed by atoms with Crippen LogP contribution < -0.4 is 11.1 Å². The first kappa shape index (κ1) is 14.8. The van der Waals surface area contributed by atoms with Gasteiger partial charge in [0.1, 0.15) is 11.4 Å². The summed E-state index contributed by atoms with van der Waals surface area (Å²) in [4.78, 5) is 11.6. The van der Waals surface area contributed by atoms with Crippen LogP contribution in [0.15, 0.2) is 24.4 Å². The molecule has 0 aliphatic heterocycles. The molecule has 112 valence electrons. The fraction of sp³-hybridized carbons (Fsp3) is 0.286. The number of amides is 1. The quantitative estimate of drug-likeness (QED) is 0.792. The molecular formula is C14H17FN4O2. The van der Waals surface area contributed by atoms with Gasteiger partial charge in [0.2, 0.25) is 0 Å². The second-order valence-electron chi connectivity index (χ2n) is 5.52. The summed E-state index contributed by atoms with van der Waals surface area (Å²) in [6.45, 7) is 5.24. The number of halogens is 1. The number of carbonyl (C=O) groups is 1. The third-order valence-electron chi connectivity index (χ3n) is 2.55. The molecule has 0 aliphatic rings. The molecule has 0 unspecified atom stereocenters. The van der Waals surface area contributed by atoms with Crippen LogP contribution in [0.2, 0.25) is 0 Å². The molecule has 4 N–H and O–H groups in total. The lowest BCUT2D eigenvalue weighted by Crippen LogP contribution is -2.27. The Morgan fingerprint density at radius 3 is 2.67 bits per heavy atom. The summed E-state index contributed by atoms with van der Waals surface area (Å²) < 4.78 is 19.2. The highest BCUT2D eigenvalue weighted by atomic mass is 19.1. The van der Waals surface area contributed by atoms with E-state index < -0.39 is 17.5 Å². The van der Waals surface area contributed by atoms with Gasteiger partial charge in [-0.1, -0.05) is 0 Å². The summed E-state index contributed by atoms with van der Waals surface area (Å²) in [5.41, 5.74) is 6.38. The van der Waals surface area contributed by atoms with Gasteiger partial charge in [-0.25, -0.2) is 9.18 Å². The number of hydrogen-bond acceptors (Lipinski definition) is 4. The van der Waals surface area contributed by atoms with Crippen molar-refractivity contribution in [1.82, 2.24) is 10.2 Å². The van der Waals surface area contributed by atoms with Gasteiger partial charge in [0, 0.05) is 11.3 Å². The number of nitrogens with two attached hydrogens (primary N) is 1. The maximum absolute atomic E-state index is 14.1. The smallest absolute Gasteiger partial charge is 0.412 e. The summed E-state index contributed by atoms with van der Waals surface area (Å²) in [7, 11) is 0. The Morgan fingerprint density at radius 2 is 2.14 bits per heavy atom. The van der Waals surface area contributed by atoms with Crippen LogP contribution in [-0.4, -0.2) is 21.9 Å². The molecule has 2 rings (SSSR count). The van der Waals surface area contributed by atoms with Crippen molar-refractivity contribution in [3.63, 3.8) is 0 Å². The normalized spacial score (nSPS) is 11.2. The van der Waals surface area contributed by atoms with Crippen LogP contribution in [0, 0.1) is 5.82 Å². The van der Waals surface area contributed by atoms with Crippen LogP contribution in [0.3, 0.4) is 0 Å². The van der Waals surface area contributed by atoms with Crippen molar-refractivity contribution in [2.45, 2.75) is 26.4 Å². The minimum atomic E-state index is -0.643. The monoisotopic (exact) mass is 292 g/mol. The molecule has 0 saturated carbocycles. The van der Waals surface area contributed by atoms with Crippen LogP contribution in [0.5, 0.6) is 0 Å². The van der Waals surface area contributed by atoms with E-state index in [1.165, 1.54) is 18.3 Å². The predicted molar refractivity (Wildman–Crippen MR) is 78.3 cm³/mol. The molecule has 1 aromatic carbocycles. The molecule has 0 spiro atoms. The zero-order valence-electron chi connectivity index (χ0n) is 12.0. The maximum Gasteiger partial charge on any atom is 0.412 e. The van der Waals surface area contributed by atoms with Crippen molar-refractivity contribution < 1.29 is 13.9 Å². The van der Waals surface area contributed by atoms with Gasteiger partial charge in [-0.05, 0) is 39.0 Å². The van der Waals surface area contributed by atoms with Crippen molar-refractivity contribution in [3.8, 4) is 11.3 Å². The fourth-order valence-corrected chi connectivity index (χ4v) is 1.73. The minimum Gasteiger partial charge on any atom is -0.444 e. The van der Waals surface area contributed by atoms with Gasteiger partial charge in [-0.15, -0.1) is 0 Å². The third-order valence-corrected chi connectivity index (χ3v) is 2.55. The number of hydrogen-bond donors (Lipinski definition) is 3. The Morgan fingerprint density at radius 1 is 1.43 bits per heavy atom. The Labute approximate surface area is 121 Å². The predicted octanol–water partition coefficient (Wildman–Crippen LogP) is 3.15. The van der Waals surface area contributed by atoms with Gasteiger partial charge >= 0.3 is 6.09 Å². The maximum atomic E-state index is 14.1. The van der Waals surface area contributed by atoms with Crippen molar-refractivity contribution in [3.05, 3.63) is 30.2 Å². The fourth-order valence-electron chi connectivity index (χ4n) is 1.73. The lowest BCUT2D eigenvalue weighted by atomic mass is 10.1. The first-order chi connectivity index (χ1) is 9.76. The number of benzene rings is 1. The number of ether oxygens (including phenoxy) is 1. The second-order valence-corrected chi connectivity index (χ2v) is 5.52. The molecule has 0 aliphatic carbocycles. The van der Waals surface area contributed by atoms with Gasteiger partial charge in [0.25, 0.3) is 0 Å². The van der Waals surface area contributed by atoms with Crippen LogP contribution in [0.4, 0.5) is 20.6 Å². The number of nitrogens with one attached hydrogen (secondary N) is 2. The number of nitrogens with zero attached hydrogens (tertiary/aromatic N) is 1. The molecular weight excluding hydrogens is 275 g/mol. The highest BCUT2D eigenvalue weighted by molar-refractivity contribution is 5.85. The minimum absolute atomic E-state index is 0.278. The van der Waals surface area contributed by atoms with Crippen molar-refractivity contribution in [2.24, 2.45) is 0 Å². The van der Waals surface area contributed by atoms with Crippen molar-refractivity contribution in [2.75, 3.05) is 11.1 Å². The van der Waals surface area contributed by atoms with Crippen LogP contribution in [0.25, 0.3) is 11.3 Å². The van der Waals surface area contributed by atoms with Gasteiger partial charge in [-0.3, -0.25) is 10.4 Å². The Hall–Kier alpha value is -2.57. The van der Waals surface area contributed by atoms with E-state index in [2.05, 4.69) is 15.5 Å². The zero-order chi connectivity index (χ0) is 15.6. The average molecular weight is 292 g/mol. The van der Waals surface area contributed by atoms with E-state index in [0.29, 0.717) is 17.1 Å². The summed E-state index contributed by atoms with van der Waals surface area (Å²) in [6, 6.07) is 4.26. The highest BCUT2D eigenvalue weighted by Gasteiger charge is 2.17. The number of carbonyl (C=O) groups excluding carboxylic acids is 1. The Kier molecular flexibility index (Phi) is 3.84. The SMILES string of the molecule is CC(C)(C)OC(=O)Nc1ccc(-c2[nH]ncc2N)c(F)c1. The molecule has 6 nitrogen and oxygen atoms in total. The van der Waals surface area contributed by atoms with Gasteiger partial charge < -0.3 is 10.5 Å². The summed E-state index contributed by atoms with van der Waals surface area (Å²) in [6.07, 6.45) is 0.762. The molecule has 0 fully saturated rings. The second kappa shape index (κ2) is 5.43. The number of rotatable bonds is 2. The molecule has 0 bridgehead atoms. The van der Waals surface area contributed by atoms with Crippen LogP contribution >= 0.6 is 0 Å². The molecule has 2 aromatic rings. The van der Waals surface area contributed by atoms with Crippen molar-refractivity contribution in [1.29, 1.82) is 0 Å². The summed E-state index contributed by atoms with van der Waals surface area (Å²) in [5.74, 6) is -0.528. The van der Waals surface area contributed by atoms with E-state index >= 15 is 0 Å². The number of H-pyrrole nitrogens is 1. The van der Waals surface area contributed by atoms with E-state index in [9.17, 15) is 9.18 Å². The van der Waals surface area contributed by atoms with Crippen LogP contribution in [-0.2, 0) is 4.74 Å². The molecule has 7 heteroatoms. The van der Waals surface area contributed by atoms with E-state index in [-0.39, 0.29) is 5.56 Å². The first-order valence-corrected chi connectivity index (χ1v) is 6.35. The largest absolute Gasteiger partial charge is 0.444 e. The Bertz CT molecular complexity index is 661. The lowest BCUT2D eigenvalue weighted by Gasteiger charge is -2.19. The highest BCUT2D eigenvalue weighted by Crippen LogP contribution is 2.27. The molecule has 0 atom stereocenters. The number of anilines is 2. The van der Waals surface area contributed by atoms with E-state index in [0.717, 1.165) is 0 Å². The van der Waals surface area contributed by atoms with E-state index in [4.69, 9.17) is 10.5 Å². The molecule has 0 radical (unpaired) electrons. The molecule has 1 amide bonds. The Balaban J connectivity index is 2.17. The van der Waals surface area contributed by atoms with Crippen LogP contribution in [0.1, 0.15) is 20.8 Å². The lowest BCUT2D eigenvalue weighted by molar-refractivity contribution is 0.0636. The molecule has 0 saturated heterocycles. The third kappa shape index (κ3) is 3.71. The number of aromatic amines is 1. The van der Waals surface area contributed by atoms with E-state index in [1.807, 2.05) is 0 Å². The van der Waals surface area contributed by atoms with E-state index in [1.54, 1.807) is 26.8 Å². The molecule has 1 aromatic heterocycles. The average Bonchev–Trinajstić information content (AvgIpc) is 2.73. The topological polar surface area (TPSA) is 93.0 Å². The number of nitrogen functional groups attached to an aromatic ring is 1. The van der Waals surface area contributed by atoms with Gasteiger partial charge in [0.05, 0.1) is 17.6 Å². The van der Waals surface area contributed by atoms with Crippen molar-refractivity contribution >= 4 is 17.5 Å². The van der Waals surface area contributed by atoms with Gasteiger partial charge in [-0.2, -0.15) is 5.10 Å². The summed E-state index contributed by atoms with van der Waals surface area (Å²) in [5, 5.41) is 8.84. The van der Waals surface area contributed by atoms with Gasteiger partial charge in [0.15, 0.2) is 0 Å². The zero-order valence-corrected chi connectivity index (χ0v) is 12.0. The molecule has 21 heavy (non-hydrogen) atoms. The standard InChI is InChI=1S/C14H17FN4O2/c1-14(2,3)21-13(20)18-8-4-5-9(10(15)6-8)12-11(16)7-17-19-12/h4-7H,16H2,1-3H3,(H,17,19)(H,18,20). The summed E-state index contributed by atoms with van der Waals surface area (Å²) >= 11 is 0. The first-order valence-electron chi connectivity index (χ1n) is 6.35. The molecule has 1 heterocycles.